The normalized spacial score (nSPS) is 20.2. The Labute approximate surface area is 159 Å². The van der Waals surface area contributed by atoms with Crippen molar-refractivity contribution in [2.45, 2.75) is 26.7 Å². The molecule has 0 radical (unpaired) electrons. The van der Waals surface area contributed by atoms with E-state index in [1.54, 1.807) is 32.4 Å². The Bertz CT molecular complexity index is 790. The summed E-state index contributed by atoms with van der Waals surface area (Å²) in [6.07, 6.45) is 4.10. The van der Waals surface area contributed by atoms with Crippen molar-refractivity contribution in [2.75, 3.05) is 27.4 Å². The third-order valence-corrected chi connectivity index (χ3v) is 4.35. The van der Waals surface area contributed by atoms with Crippen LogP contribution in [0, 0.1) is 5.41 Å². The number of carbonyl (C=O) groups is 1. The van der Waals surface area contributed by atoms with Crippen LogP contribution in [-0.4, -0.2) is 49.1 Å². The fourth-order valence-electron chi connectivity index (χ4n) is 3.11. The van der Waals surface area contributed by atoms with Crippen molar-refractivity contribution in [3.8, 4) is 11.5 Å². The van der Waals surface area contributed by atoms with E-state index in [0.29, 0.717) is 30.1 Å². The molecule has 6 heteroatoms. The van der Waals surface area contributed by atoms with Crippen molar-refractivity contribution in [1.82, 2.24) is 0 Å². The molecular formula is C21H27NO5. The number of ether oxygens (including phenoxy) is 2. The Morgan fingerprint density at radius 3 is 2.56 bits per heavy atom. The summed E-state index contributed by atoms with van der Waals surface area (Å²) in [4.78, 5) is 16.9. The van der Waals surface area contributed by atoms with E-state index in [1.807, 2.05) is 19.9 Å². The van der Waals surface area contributed by atoms with Gasteiger partial charge in [-0.15, -0.1) is 0 Å². The van der Waals surface area contributed by atoms with Gasteiger partial charge in [-0.25, -0.2) is 0 Å². The summed E-state index contributed by atoms with van der Waals surface area (Å²) in [7, 11) is 3.12. The molecule has 0 saturated heterocycles. The first kappa shape index (κ1) is 20.7. The Kier molecular flexibility index (Phi) is 6.80. The summed E-state index contributed by atoms with van der Waals surface area (Å²) >= 11 is 0. The van der Waals surface area contributed by atoms with Crippen LogP contribution in [0.25, 0.3) is 6.08 Å². The third-order valence-electron chi connectivity index (χ3n) is 4.35. The molecule has 1 aromatic rings. The van der Waals surface area contributed by atoms with Crippen LogP contribution >= 0.6 is 0 Å². The Hall–Kier alpha value is -2.60. The summed E-state index contributed by atoms with van der Waals surface area (Å²) in [5, 5.41) is 19.6. The predicted octanol–water partition coefficient (Wildman–Crippen LogP) is 3.35. The first-order chi connectivity index (χ1) is 12.8. The summed E-state index contributed by atoms with van der Waals surface area (Å²) in [5.41, 5.74) is 1.35. The van der Waals surface area contributed by atoms with E-state index in [1.165, 1.54) is 6.08 Å². The van der Waals surface area contributed by atoms with Crippen LogP contribution in [0.15, 0.2) is 40.6 Å². The highest BCUT2D eigenvalue weighted by Crippen LogP contribution is 2.35. The fourth-order valence-corrected chi connectivity index (χ4v) is 3.11. The Morgan fingerprint density at radius 2 is 1.93 bits per heavy atom. The molecule has 1 saturated carbocycles. The lowest BCUT2D eigenvalue weighted by Gasteiger charge is -2.31. The van der Waals surface area contributed by atoms with Crippen LogP contribution in [-0.2, 0) is 4.79 Å². The number of rotatable bonds is 6. The molecule has 27 heavy (non-hydrogen) atoms. The molecule has 146 valence electrons. The van der Waals surface area contributed by atoms with Gasteiger partial charge in [-0.1, -0.05) is 26.0 Å². The summed E-state index contributed by atoms with van der Waals surface area (Å²) < 4.78 is 10.5. The van der Waals surface area contributed by atoms with Gasteiger partial charge in [-0.3, -0.25) is 9.79 Å². The number of methoxy groups -OCH3 is 2. The molecule has 1 aliphatic rings. The molecule has 2 N–H and O–H groups in total. The highest BCUT2D eigenvalue weighted by Gasteiger charge is 2.35. The van der Waals surface area contributed by atoms with Crippen molar-refractivity contribution in [3.63, 3.8) is 0 Å². The van der Waals surface area contributed by atoms with E-state index in [4.69, 9.17) is 14.6 Å². The summed E-state index contributed by atoms with van der Waals surface area (Å²) in [6.45, 7) is 4.09. The molecule has 0 heterocycles. The van der Waals surface area contributed by atoms with E-state index in [2.05, 4.69) is 4.99 Å². The minimum absolute atomic E-state index is 0.104. The van der Waals surface area contributed by atoms with Gasteiger partial charge in [0.15, 0.2) is 17.3 Å². The molecule has 0 spiro atoms. The first-order valence-corrected chi connectivity index (χ1v) is 8.82. The van der Waals surface area contributed by atoms with Crippen LogP contribution in [0.3, 0.4) is 0 Å². The molecule has 1 aromatic carbocycles. The minimum atomic E-state index is -0.220. The first-order valence-electron chi connectivity index (χ1n) is 8.82. The molecule has 6 nitrogen and oxygen atoms in total. The molecule has 0 bridgehead atoms. The van der Waals surface area contributed by atoms with E-state index in [0.717, 1.165) is 5.56 Å². The lowest BCUT2D eigenvalue weighted by atomic mass is 9.73. The molecule has 0 amide bonds. The van der Waals surface area contributed by atoms with Gasteiger partial charge in [0.05, 0.1) is 32.9 Å². The van der Waals surface area contributed by atoms with Crippen molar-refractivity contribution in [2.24, 2.45) is 10.4 Å². The Balaban J connectivity index is 2.36. The van der Waals surface area contributed by atoms with Crippen LogP contribution in [0.5, 0.6) is 11.5 Å². The second kappa shape index (κ2) is 8.86. The van der Waals surface area contributed by atoms with Crippen LogP contribution in [0.1, 0.15) is 32.3 Å². The maximum Gasteiger partial charge on any atom is 0.168 e. The number of hydrogen-bond donors (Lipinski definition) is 2. The van der Waals surface area contributed by atoms with Crippen LogP contribution in [0.2, 0.25) is 0 Å². The quantitative estimate of drug-likeness (QED) is 0.590. The van der Waals surface area contributed by atoms with Crippen molar-refractivity contribution >= 4 is 17.6 Å². The zero-order valence-electron chi connectivity index (χ0n) is 16.3. The second-order valence-electron chi connectivity index (χ2n) is 7.20. The average molecular weight is 373 g/mol. The van der Waals surface area contributed by atoms with Gasteiger partial charge in [-0.2, -0.15) is 0 Å². The fraction of sp³-hybridized carbons (Fsp3) is 0.429. The number of Topliss-reactive ketones (excluding diaryl/α,β-unsaturated/α-hetero) is 1. The molecule has 0 aromatic heterocycles. The predicted molar refractivity (Wildman–Crippen MR) is 106 cm³/mol. The number of aliphatic imine (C=N–C) groups is 1. The number of hydrogen-bond acceptors (Lipinski definition) is 6. The molecule has 0 unspecified atom stereocenters. The monoisotopic (exact) mass is 373 g/mol. The zero-order valence-corrected chi connectivity index (χ0v) is 16.3. The molecule has 0 aliphatic heterocycles. The maximum absolute atomic E-state index is 12.6. The molecule has 2 rings (SSSR count). The van der Waals surface area contributed by atoms with Gasteiger partial charge in [0.2, 0.25) is 0 Å². The molecule has 0 atom stereocenters. The number of nitrogens with zero attached hydrogens (tertiary/aromatic N) is 1. The van der Waals surface area contributed by atoms with Crippen LogP contribution in [0.4, 0.5) is 0 Å². The summed E-state index contributed by atoms with van der Waals surface area (Å²) in [5.74, 6) is 0.923. The smallest absolute Gasteiger partial charge is 0.168 e. The summed E-state index contributed by atoms with van der Waals surface area (Å²) in [6, 6.07) is 5.37. The van der Waals surface area contributed by atoms with Gasteiger partial charge in [0, 0.05) is 12.1 Å². The largest absolute Gasteiger partial charge is 0.507 e. The van der Waals surface area contributed by atoms with Gasteiger partial charge in [-0.05, 0) is 35.6 Å². The van der Waals surface area contributed by atoms with E-state index in [9.17, 15) is 9.90 Å². The van der Waals surface area contributed by atoms with Crippen molar-refractivity contribution in [3.05, 3.63) is 41.2 Å². The van der Waals surface area contributed by atoms with Crippen LogP contribution < -0.4 is 9.47 Å². The highest BCUT2D eigenvalue weighted by molar-refractivity contribution is 6.25. The number of aliphatic hydroxyl groups is 2. The van der Waals surface area contributed by atoms with Gasteiger partial charge >= 0.3 is 0 Å². The highest BCUT2D eigenvalue weighted by atomic mass is 16.5. The molecular weight excluding hydrogens is 346 g/mol. The van der Waals surface area contributed by atoms with Crippen molar-refractivity contribution in [1.29, 1.82) is 0 Å². The number of carbonyl (C=O) groups excluding carboxylic acids is 1. The van der Waals surface area contributed by atoms with E-state index < -0.39 is 0 Å². The number of ketones is 1. The third kappa shape index (κ3) is 5.20. The van der Waals surface area contributed by atoms with Gasteiger partial charge in [0.1, 0.15) is 5.76 Å². The zero-order chi connectivity index (χ0) is 20.0. The van der Waals surface area contributed by atoms with E-state index in [-0.39, 0.29) is 35.7 Å². The standard InChI is InChI=1S/C21H27NO5/c1-21(2)12-15(22-9-10-23)20(17(25)13-21)16(24)7-5-14-6-8-18(26-3)19(11-14)27-4/h5-8,11,23-24H,9-10,12-13H2,1-4H3/b7-5+,20-16+,22-15?. The second-order valence-corrected chi connectivity index (χ2v) is 7.20. The number of allylic oxidation sites excluding steroid dienone is 2. The number of benzene rings is 1. The minimum Gasteiger partial charge on any atom is -0.507 e. The molecule has 1 aliphatic carbocycles. The topological polar surface area (TPSA) is 88.4 Å². The average Bonchev–Trinajstić information content (AvgIpc) is 2.62. The van der Waals surface area contributed by atoms with Gasteiger partial charge < -0.3 is 19.7 Å². The maximum atomic E-state index is 12.6. The lowest BCUT2D eigenvalue weighted by molar-refractivity contribution is -0.117. The number of aliphatic hydroxyl groups excluding tert-OH is 2. The SMILES string of the molecule is COc1ccc(/C=C/C(O)=C2\C(=O)CC(C)(C)CC2=NCCO)cc1OC. The Morgan fingerprint density at radius 1 is 1.22 bits per heavy atom. The van der Waals surface area contributed by atoms with E-state index >= 15 is 0 Å². The lowest BCUT2D eigenvalue weighted by Crippen LogP contribution is -2.32. The van der Waals surface area contributed by atoms with Crippen molar-refractivity contribution < 1.29 is 24.5 Å². The van der Waals surface area contributed by atoms with Gasteiger partial charge in [0.25, 0.3) is 0 Å². The molecule has 1 fully saturated rings.